The second-order valence-corrected chi connectivity index (χ2v) is 4.77. The van der Waals surface area contributed by atoms with Crippen LogP contribution in [0.5, 0.6) is 0 Å². The maximum atomic E-state index is 10.3. The van der Waals surface area contributed by atoms with Gasteiger partial charge in [0.1, 0.15) is 0 Å². The second kappa shape index (κ2) is 5.78. The maximum absolute atomic E-state index is 10.3. The van der Waals surface area contributed by atoms with Crippen LogP contribution in [0.1, 0.15) is 34.8 Å². The lowest BCUT2D eigenvalue weighted by Gasteiger charge is -2.14. The van der Waals surface area contributed by atoms with Gasteiger partial charge in [0.05, 0.1) is 6.10 Å². The smallest absolute Gasteiger partial charge is 0.0795 e. The Bertz CT molecular complexity index is 508. The van der Waals surface area contributed by atoms with Crippen LogP contribution in [-0.4, -0.2) is 10.1 Å². The molecule has 0 aliphatic carbocycles. The fourth-order valence-electron chi connectivity index (χ4n) is 2.13. The standard InChI is InChI=1S/C16H19NO/c1-12-3-4-13(2)15(11-12)16(18)6-5-14-7-9-17-10-8-14/h3-4,7-11,16,18H,5-6H2,1-2H3. The van der Waals surface area contributed by atoms with Crippen LogP contribution in [0.3, 0.4) is 0 Å². The van der Waals surface area contributed by atoms with E-state index >= 15 is 0 Å². The Labute approximate surface area is 108 Å². The first-order chi connectivity index (χ1) is 8.66. The van der Waals surface area contributed by atoms with Crippen molar-refractivity contribution < 1.29 is 5.11 Å². The van der Waals surface area contributed by atoms with Crippen molar-refractivity contribution in [1.29, 1.82) is 0 Å². The quantitative estimate of drug-likeness (QED) is 0.890. The number of aromatic nitrogens is 1. The number of pyridine rings is 1. The normalized spacial score (nSPS) is 12.4. The fourth-order valence-corrected chi connectivity index (χ4v) is 2.13. The minimum absolute atomic E-state index is 0.391. The minimum Gasteiger partial charge on any atom is -0.388 e. The summed E-state index contributed by atoms with van der Waals surface area (Å²) < 4.78 is 0. The lowest BCUT2D eigenvalue weighted by molar-refractivity contribution is 0.167. The van der Waals surface area contributed by atoms with E-state index in [2.05, 4.69) is 30.1 Å². The van der Waals surface area contributed by atoms with E-state index in [0.29, 0.717) is 0 Å². The first-order valence-electron chi connectivity index (χ1n) is 6.31. The van der Waals surface area contributed by atoms with Crippen LogP contribution in [0.25, 0.3) is 0 Å². The molecule has 1 heterocycles. The predicted molar refractivity (Wildman–Crippen MR) is 73.4 cm³/mol. The third-order valence-electron chi connectivity index (χ3n) is 3.25. The molecule has 0 amide bonds. The van der Waals surface area contributed by atoms with Crippen LogP contribution in [-0.2, 0) is 6.42 Å². The molecule has 1 aromatic carbocycles. The van der Waals surface area contributed by atoms with E-state index in [9.17, 15) is 5.11 Å². The highest BCUT2D eigenvalue weighted by atomic mass is 16.3. The van der Waals surface area contributed by atoms with E-state index in [0.717, 1.165) is 24.0 Å². The van der Waals surface area contributed by atoms with Gasteiger partial charge in [-0.1, -0.05) is 23.8 Å². The van der Waals surface area contributed by atoms with Gasteiger partial charge in [0, 0.05) is 12.4 Å². The Balaban J connectivity index is 2.03. The summed E-state index contributed by atoms with van der Waals surface area (Å²) in [7, 11) is 0. The summed E-state index contributed by atoms with van der Waals surface area (Å²) in [5.74, 6) is 0. The third kappa shape index (κ3) is 3.17. The van der Waals surface area contributed by atoms with E-state index < -0.39 is 6.10 Å². The van der Waals surface area contributed by atoms with Gasteiger partial charge in [-0.2, -0.15) is 0 Å². The molecular weight excluding hydrogens is 222 g/mol. The zero-order valence-electron chi connectivity index (χ0n) is 10.9. The highest BCUT2D eigenvalue weighted by molar-refractivity contribution is 5.32. The SMILES string of the molecule is Cc1ccc(C)c(C(O)CCc2ccncc2)c1. The van der Waals surface area contributed by atoms with E-state index in [4.69, 9.17) is 0 Å². The first-order valence-corrected chi connectivity index (χ1v) is 6.31. The number of hydrogen-bond donors (Lipinski definition) is 1. The van der Waals surface area contributed by atoms with Crippen molar-refractivity contribution in [2.45, 2.75) is 32.8 Å². The predicted octanol–water partition coefficient (Wildman–Crippen LogP) is 3.36. The topological polar surface area (TPSA) is 33.1 Å². The lowest BCUT2D eigenvalue weighted by Crippen LogP contribution is -2.02. The lowest BCUT2D eigenvalue weighted by atomic mass is 9.96. The molecule has 1 atom stereocenters. The van der Waals surface area contributed by atoms with Crippen LogP contribution in [0, 0.1) is 13.8 Å². The Morgan fingerprint density at radius 2 is 1.83 bits per heavy atom. The van der Waals surface area contributed by atoms with E-state index in [1.165, 1.54) is 11.1 Å². The Morgan fingerprint density at radius 1 is 1.11 bits per heavy atom. The van der Waals surface area contributed by atoms with Crippen molar-refractivity contribution >= 4 is 0 Å². The fraction of sp³-hybridized carbons (Fsp3) is 0.312. The van der Waals surface area contributed by atoms with Crippen LogP contribution < -0.4 is 0 Å². The molecule has 0 saturated carbocycles. The highest BCUT2D eigenvalue weighted by Gasteiger charge is 2.10. The van der Waals surface area contributed by atoms with Gasteiger partial charge in [-0.3, -0.25) is 4.98 Å². The molecule has 0 aliphatic rings. The van der Waals surface area contributed by atoms with E-state index in [1.54, 1.807) is 12.4 Å². The molecular formula is C16H19NO. The molecule has 2 aromatic rings. The Kier molecular flexibility index (Phi) is 4.11. The monoisotopic (exact) mass is 241 g/mol. The summed E-state index contributed by atoms with van der Waals surface area (Å²) >= 11 is 0. The van der Waals surface area contributed by atoms with Gasteiger partial charge in [0.15, 0.2) is 0 Å². The van der Waals surface area contributed by atoms with Gasteiger partial charge >= 0.3 is 0 Å². The number of rotatable bonds is 4. The van der Waals surface area contributed by atoms with Crippen molar-refractivity contribution in [3.63, 3.8) is 0 Å². The maximum Gasteiger partial charge on any atom is 0.0795 e. The number of hydrogen-bond acceptors (Lipinski definition) is 2. The molecule has 0 spiro atoms. The van der Waals surface area contributed by atoms with Crippen molar-refractivity contribution in [1.82, 2.24) is 4.98 Å². The molecule has 2 nitrogen and oxygen atoms in total. The first kappa shape index (κ1) is 12.8. The molecule has 1 aromatic heterocycles. The van der Waals surface area contributed by atoms with Gasteiger partial charge < -0.3 is 5.11 Å². The van der Waals surface area contributed by atoms with Crippen molar-refractivity contribution in [2.75, 3.05) is 0 Å². The molecule has 0 saturated heterocycles. The van der Waals surface area contributed by atoms with Crippen molar-refractivity contribution in [2.24, 2.45) is 0 Å². The largest absolute Gasteiger partial charge is 0.388 e. The van der Waals surface area contributed by atoms with Crippen LogP contribution in [0.2, 0.25) is 0 Å². The average molecular weight is 241 g/mol. The molecule has 0 bridgehead atoms. The Hall–Kier alpha value is -1.67. The summed E-state index contributed by atoms with van der Waals surface area (Å²) in [5, 5.41) is 10.3. The van der Waals surface area contributed by atoms with Crippen molar-refractivity contribution in [3.05, 3.63) is 65.0 Å². The zero-order chi connectivity index (χ0) is 13.0. The molecule has 1 N–H and O–H groups in total. The van der Waals surface area contributed by atoms with E-state index in [1.807, 2.05) is 19.1 Å². The van der Waals surface area contributed by atoms with Gasteiger partial charge in [-0.05, 0) is 55.5 Å². The van der Waals surface area contributed by atoms with Gasteiger partial charge in [-0.25, -0.2) is 0 Å². The van der Waals surface area contributed by atoms with E-state index in [-0.39, 0.29) is 0 Å². The summed E-state index contributed by atoms with van der Waals surface area (Å²) in [6.07, 6.45) is 4.81. The van der Waals surface area contributed by atoms with Crippen molar-refractivity contribution in [3.8, 4) is 0 Å². The number of nitrogens with zero attached hydrogens (tertiary/aromatic N) is 1. The highest BCUT2D eigenvalue weighted by Crippen LogP contribution is 2.23. The third-order valence-corrected chi connectivity index (χ3v) is 3.25. The minimum atomic E-state index is -0.391. The van der Waals surface area contributed by atoms with Crippen LogP contribution in [0.4, 0.5) is 0 Å². The Morgan fingerprint density at radius 3 is 2.56 bits per heavy atom. The summed E-state index contributed by atoms with van der Waals surface area (Å²) in [4.78, 5) is 3.99. The second-order valence-electron chi connectivity index (χ2n) is 4.77. The number of aryl methyl sites for hydroxylation is 3. The molecule has 18 heavy (non-hydrogen) atoms. The molecule has 0 fully saturated rings. The molecule has 94 valence electrons. The average Bonchev–Trinajstić information content (AvgIpc) is 2.40. The van der Waals surface area contributed by atoms with Crippen LogP contribution in [0.15, 0.2) is 42.7 Å². The summed E-state index contributed by atoms with van der Waals surface area (Å²) in [6, 6.07) is 10.2. The number of aliphatic hydroxyl groups is 1. The van der Waals surface area contributed by atoms with Gasteiger partial charge in [0.2, 0.25) is 0 Å². The summed E-state index contributed by atoms with van der Waals surface area (Å²) in [5.41, 5.74) is 4.61. The number of aliphatic hydroxyl groups excluding tert-OH is 1. The van der Waals surface area contributed by atoms with Crippen LogP contribution >= 0.6 is 0 Å². The molecule has 1 unspecified atom stereocenters. The molecule has 0 radical (unpaired) electrons. The summed E-state index contributed by atoms with van der Waals surface area (Å²) in [6.45, 7) is 4.10. The van der Waals surface area contributed by atoms with Gasteiger partial charge in [0.25, 0.3) is 0 Å². The molecule has 2 rings (SSSR count). The molecule has 2 heteroatoms. The van der Waals surface area contributed by atoms with Gasteiger partial charge in [-0.15, -0.1) is 0 Å². The number of benzene rings is 1. The zero-order valence-corrected chi connectivity index (χ0v) is 10.9. The molecule has 0 aliphatic heterocycles.